The van der Waals surface area contributed by atoms with E-state index >= 15 is 4.39 Å². The second kappa shape index (κ2) is 13.7. The van der Waals surface area contributed by atoms with Gasteiger partial charge in [-0.05, 0) is 73.9 Å². The van der Waals surface area contributed by atoms with E-state index in [0.717, 1.165) is 6.07 Å². The molecule has 0 aliphatic heterocycles. The second-order valence-electron chi connectivity index (χ2n) is 12.3. The lowest BCUT2D eigenvalue weighted by atomic mass is 9.92. The molecule has 1 amide bonds. The standard InChI is InChI=1S/C37H36F4N4O4/c1-6-13-37(40,41)21(4)43-24-15-19(2)31(28(39)18-24)34(46)44-29(36(48)49)16-22-9-11-26(33-25(22)8-7-14-42-33)32-20(3)27-17-23(38)10-12-30(27)45(5)35(32)47/h7-12,14-15,17-18,21,29,43H,6,13,16H2,1-5H3,(H,44,46)(H,48,49)/t21-,29+/m1/s1. The summed E-state index contributed by atoms with van der Waals surface area (Å²) < 4.78 is 59.6. The maximum Gasteiger partial charge on any atom is 0.326 e. The van der Waals surface area contributed by atoms with Gasteiger partial charge in [0.25, 0.3) is 17.4 Å². The van der Waals surface area contributed by atoms with Crippen LogP contribution in [0.1, 0.15) is 53.7 Å². The van der Waals surface area contributed by atoms with Gasteiger partial charge in [-0.3, -0.25) is 14.6 Å². The van der Waals surface area contributed by atoms with E-state index < -0.39 is 47.1 Å². The molecule has 49 heavy (non-hydrogen) atoms. The SMILES string of the molecule is CCCC(F)(F)[C@@H](C)Nc1cc(C)c(C(=O)N[C@@H](Cc2ccc(-c3c(C)c4cc(F)ccc4n(C)c3=O)c3ncccc23)C(=O)O)c(F)c1. The highest BCUT2D eigenvalue weighted by atomic mass is 19.3. The lowest BCUT2D eigenvalue weighted by molar-refractivity contribution is -0.139. The third kappa shape index (κ3) is 6.85. The summed E-state index contributed by atoms with van der Waals surface area (Å²) in [4.78, 5) is 43.8. The molecule has 0 radical (unpaired) electrons. The van der Waals surface area contributed by atoms with Gasteiger partial charge in [0, 0.05) is 48.1 Å². The van der Waals surface area contributed by atoms with Gasteiger partial charge in [-0.1, -0.05) is 31.5 Å². The normalized spacial score (nSPS) is 13.0. The number of aromatic nitrogens is 2. The van der Waals surface area contributed by atoms with Crippen LogP contribution >= 0.6 is 0 Å². The Bertz CT molecular complexity index is 2140. The van der Waals surface area contributed by atoms with E-state index in [4.69, 9.17) is 0 Å². The molecule has 3 N–H and O–H groups in total. The zero-order chi connectivity index (χ0) is 35.8. The summed E-state index contributed by atoms with van der Waals surface area (Å²) in [5.41, 5.74) is 2.22. The number of hydrogen-bond donors (Lipinski definition) is 3. The number of halogens is 4. The lowest BCUT2D eigenvalue weighted by Gasteiger charge is -2.25. The molecule has 0 spiro atoms. The van der Waals surface area contributed by atoms with Crippen LogP contribution in [0.2, 0.25) is 0 Å². The largest absolute Gasteiger partial charge is 0.480 e. The highest BCUT2D eigenvalue weighted by molar-refractivity contribution is 6.00. The smallest absolute Gasteiger partial charge is 0.326 e. The number of amides is 1. The molecule has 0 aliphatic rings. The first-order chi connectivity index (χ1) is 23.1. The van der Waals surface area contributed by atoms with E-state index in [9.17, 15) is 32.7 Å². The van der Waals surface area contributed by atoms with E-state index in [-0.39, 0.29) is 36.1 Å². The van der Waals surface area contributed by atoms with Crippen LogP contribution in [0.3, 0.4) is 0 Å². The number of carboxylic acid groups (broad SMARTS) is 1. The van der Waals surface area contributed by atoms with Crippen molar-refractivity contribution in [1.82, 2.24) is 14.9 Å². The average molecular weight is 677 g/mol. The highest BCUT2D eigenvalue weighted by Crippen LogP contribution is 2.33. The third-order valence-electron chi connectivity index (χ3n) is 8.89. The number of fused-ring (bicyclic) bond motifs is 2. The monoisotopic (exact) mass is 676 g/mol. The Labute approximate surface area is 279 Å². The van der Waals surface area contributed by atoms with Gasteiger partial charge >= 0.3 is 5.97 Å². The lowest BCUT2D eigenvalue weighted by Crippen LogP contribution is -2.43. The fourth-order valence-electron chi connectivity index (χ4n) is 6.27. The van der Waals surface area contributed by atoms with Gasteiger partial charge in [0.2, 0.25) is 0 Å². The number of anilines is 1. The number of nitrogens with zero attached hydrogens (tertiary/aromatic N) is 2. The molecule has 2 heterocycles. The number of carboxylic acids is 1. The zero-order valence-electron chi connectivity index (χ0n) is 27.6. The van der Waals surface area contributed by atoms with Crippen LogP contribution in [0.4, 0.5) is 23.2 Å². The quantitative estimate of drug-likeness (QED) is 0.127. The molecule has 0 saturated heterocycles. The zero-order valence-corrected chi connectivity index (χ0v) is 27.6. The fraction of sp³-hybridized carbons (Fsp3) is 0.297. The van der Waals surface area contributed by atoms with Crippen LogP contribution < -0.4 is 16.2 Å². The number of aliphatic carboxylic acids is 1. The summed E-state index contributed by atoms with van der Waals surface area (Å²) in [5.74, 6) is -6.85. The van der Waals surface area contributed by atoms with E-state index in [1.165, 1.54) is 48.9 Å². The maximum absolute atomic E-state index is 15.3. The van der Waals surface area contributed by atoms with E-state index in [1.807, 2.05) is 0 Å². The van der Waals surface area contributed by atoms with Crippen molar-refractivity contribution in [3.63, 3.8) is 0 Å². The Kier molecular flexibility index (Phi) is 9.80. The van der Waals surface area contributed by atoms with Gasteiger partial charge in [0.15, 0.2) is 0 Å². The number of benzene rings is 3. The molecule has 2 aromatic heterocycles. The van der Waals surface area contributed by atoms with Crippen LogP contribution in [0.25, 0.3) is 32.9 Å². The number of pyridine rings is 2. The second-order valence-corrected chi connectivity index (χ2v) is 12.3. The van der Waals surface area contributed by atoms with Crippen LogP contribution in [0, 0.1) is 25.5 Å². The summed E-state index contributed by atoms with van der Waals surface area (Å²) >= 11 is 0. The topological polar surface area (TPSA) is 113 Å². The Balaban J connectivity index is 1.46. The van der Waals surface area contributed by atoms with Crippen molar-refractivity contribution in [2.45, 2.75) is 65.0 Å². The Morgan fingerprint density at radius 2 is 1.78 bits per heavy atom. The van der Waals surface area contributed by atoms with Crippen molar-refractivity contribution in [3.05, 3.63) is 105 Å². The minimum absolute atomic E-state index is 0.0605. The van der Waals surface area contributed by atoms with Gasteiger partial charge in [-0.2, -0.15) is 0 Å². The summed E-state index contributed by atoms with van der Waals surface area (Å²) in [6, 6.07) is 10.3. The molecule has 256 valence electrons. The van der Waals surface area contributed by atoms with Gasteiger partial charge in [-0.15, -0.1) is 0 Å². The number of hydrogen-bond acceptors (Lipinski definition) is 5. The number of nitrogens with one attached hydrogen (secondary N) is 2. The molecule has 0 unspecified atom stereocenters. The summed E-state index contributed by atoms with van der Waals surface area (Å²) in [5, 5.41) is 16.2. The van der Waals surface area contributed by atoms with Crippen molar-refractivity contribution in [2.75, 3.05) is 5.32 Å². The van der Waals surface area contributed by atoms with Crippen LogP contribution in [0.15, 0.2) is 65.6 Å². The molecule has 3 aromatic carbocycles. The van der Waals surface area contributed by atoms with Crippen molar-refractivity contribution in [3.8, 4) is 11.1 Å². The third-order valence-corrected chi connectivity index (χ3v) is 8.89. The number of aryl methyl sites for hydroxylation is 3. The molecule has 5 aromatic rings. The number of carbonyl (C=O) groups is 2. The van der Waals surface area contributed by atoms with Crippen LogP contribution in [0.5, 0.6) is 0 Å². The van der Waals surface area contributed by atoms with Crippen molar-refractivity contribution >= 4 is 39.4 Å². The summed E-state index contributed by atoms with van der Waals surface area (Å²) in [6.07, 6.45) is 1.23. The van der Waals surface area contributed by atoms with E-state index in [1.54, 1.807) is 45.2 Å². The minimum atomic E-state index is -3.04. The van der Waals surface area contributed by atoms with Gasteiger partial charge in [-0.25, -0.2) is 22.4 Å². The van der Waals surface area contributed by atoms with Gasteiger partial charge in [0.05, 0.1) is 28.2 Å². The molecule has 0 bridgehead atoms. The fourth-order valence-corrected chi connectivity index (χ4v) is 6.27. The Hall–Kier alpha value is -5.26. The highest BCUT2D eigenvalue weighted by Gasteiger charge is 2.35. The van der Waals surface area contributed by atoms with Crippen LogP contribution in [-0.4, -0.2) is 44.5 Å². The average Bonchev–Trinajstić information content (AvgIpc) is 3.03. The molecule has 8 nitrogen and oxygen atoms in total. The van der Waals surface area contributed by atoms with E-state index in [0.29, 0.717) is 44.1 Å². The molecule has 2 atom stereocenters. The first-order valence-electron chi connectivity index (χ1n) is 15.8. The predicted molar refractivity (Wildman–Crippen MR) is 181 cm³/mol. The molecular weight excluding hydrogens is 640 g/mol. The first kappa shape index (κ1) is 35.1. The molecule has 0 fully saturated rings. The Morgan fingerprint density at radius 1 is 1.04 bits per heavy atom. The Morgan fingerprint density at radius 3 is 2.45 bits per heavy atom. The molecule has 0 saturated carbocycles. The van der Waals surface area contributed by atoms with Gasteiger partial charge in [0.1, 0.15) is 17.7 Å². The summed E-state index contributed by atoms with van der Waals surface area (Å²) in [7, 11) is 1.59. The molecule has 5 rings (SSSR count). The number of carbonyl (C=O) groups excluding carboxylic acids is 1. The molecular formula is C37H36F4N4O4. The first-order valence-corrected chi connectivity index (χ1v) is 15.8. The maximum atomic E-state index is 15.3. The van der Waals surface area contributed by atoms with Crippen LogP contribution in [-0.2, 0) is 18.3 Å². The minimum Gasteiger partial charge on any atom is -0.480 e. The number of rotatable bonds is 11. The van der Waals surface area contributed by atoms with Crippen molar-refractivity contribution < 1.29 is 32.3 Å². The summed E-state index contributed by atoms with van der Waals surface area (Å²) in [6.45, 7) is 6.08. The van der Waals surface area contributed by atoms with Gasteiger partial charge < -0.3 is 20.3 Å². The van der Waals surface area contributed by atoms with Crippen molar-refractivity contribution in [2.24, 2.45) is 7.05 Å². The molecule has 0 aliphatic carbocycles. The van der Waals surface area contributed by atoms with Crippen molar-refractivity contribution in [1.29, 1.82) is 0 Å². The molecule has 12 heteroatoms. The predicted octanol–water partition coefficient (Wildman–Crippen LogP) is 7.31. The van der Waals surface area contributed by atoms with E-state index in [2.05, 4.69) is 15.6 Å². The number of alkyl halides is 2.